The van der Waals surface area contributed by atoms with Gasteiger partial charge in [-0.1, -0.05) is 0 Å². The van der Waals surface area contributed by atoms with Crippen molar-refractivity contribution in [3.63, 3.8) is 0 Å². The molecule has 4 N–H and O–H groups in total. The molecule has 0 radical (unpaired) electrons. The third-order valence-electron chi connectivity index (χ3n) is 3.30. The monoisotopic (exact) mass is 383 g/mol. The van der Waals surface area contributed by atoms with Gasteiger partial charge in [0.25, 0.3) is 11.8 Å². The molecule has 138 valence electrons. The van der Waals surface area contributed by atoms with Crippen molar-refractivity contribution in [1.29, 1.82) is 0 Å². The highest BCUT2D eigenvalue weighted by Gasteiger charge is 2.32. The minimum atomic E-state index is -0.963. The number of nitrogens with zero attached hydrogens (tertiary/aromatic N) is 2. The van der Waals surface area contributed by atoms with Gasteiger partial charge in [-0.3, -0.25) is 24.8 Å². The number of nitrogens with two attached hydrogens (primary N) is 1. The van der Waals surface area contributed by atoms with E-state index in [0.717, 1.165) is 25.6 Å². The van der Waals surface area contributed by atoms with Gasteiger partial charge in [0.2, 0.25) is 5.69 Å². The number of primary amides is 1. The van der Waals surface area contributed by atoms with E-state index in [0.29, 0.717) is 0 Å². The number of carbonyl (C=O) groups excluding carboxylic acids is 3. The van der Waals surface area contributed by atoms with Crippen LogP contribution in [0.25, 0.3) is 0 Å². The van der Waals surface area contributed by atoms with E-state index in [1.807, 2.05) is 0 Å². The van der Waals surface area contributed by atoms with Crippen LogP contribution in [0.3, 0.4) is 0 Å². The van der Waals surface area contributed by atoms with E-state index < -0.39 is 34.1 Å². The molecule has 2 aromatic heterocycles. The van der Waals surface area contributed by atoms with Crippen molar-refractivity contribution in [2.24, 2.45) is 5.73 Å². The number of amides is 2. The van der Waals surface area contributed by atoms with Crippen LogP contribution in [0.15, 0.2) is 0 Å². The van der Waals surface area contributed by atoms with Crippen molar-refractivity contribution >= 4 is 39.8 Å². The van der Waals surface area contributed by atoms with Crippen LogP contribution in [0.1, 0.15) is 36.1 Å². The molecule has 0 aliphatic rings. The summed E-state index contributed by atoms with van der Waals surface area (Å²) in [6.07, 6.45) is 0. The van der Waals surface area contributed by atoms with E-state index in [2.05, 4.69) is 20.3 Å². The van der Waals surface area contributed by atoms with Gasteiger partial charge in [-0.25, -0.2) is 4.79 Å². The van der Waals surface area contributed by atoms with Crippen molar-refractivity contribution in [1.82, 2.24) is 10.2 Å². The molecule has 2 aromatic rings. The molecule has 2 rings (SSSR count). The van der Waals surface area contributed by atoms with Crippen molar-refractivity contribution in [2.75, 3.05) is 19.5 Å². The fourth-order valence-corrected chi connectivity index (χ4v) is 3.18. The summed E-state index contributed by atoms with van der Waals surface area (Å²) in [4.78, 5) is 46.2. The standard InChI is InChI=1S/C13H13N5O7S/c1-4-5(13(21)25-3)12(26-8(4)9(14)19)15-10(20)6-7(18(22)23)11(24-2)17-16-6/h1-3H3,(H2,14,19)(H,15,20)(H,16,17). The summed E-state index contributed by atoms with van der Waals surface area (Å²) in [5, 5.41) is 19.2. The lowest BCUT2D eigenvalue weighted by Crippen LogP contribution is -2.16. The maximum Gasteiger partial charge on any atom is 0.362 e. The predicted molar refractivity (Wildman–Crippen MR) is 88.7 cm³/mol. The average Bonchev–Trinajstić information content (AvgIpc) is 3.15. The number of methoxy groups -OCH3 is 2. The highest BCUT2D eigenvalue weighted by Crippen LogP contribution is 2.35. The zero-order chi connectivity index (χ0) is 19.6. The Morgan fingerprint density at radius 3 is 2.50 bits per heavy atom. The zero-order valence-electron chi connectivity index (χ0n) is 13.7. The smallest absolute Gasteiger partial charge is 0.362 e. The Labute approximate surface area is 149 Å². The largest absolute Gasteiger partial charge is 0.475 e. The van der Waals surface area contributed by atoms with E-state index in [-0.39, 0.29) is 26.9 Å². The molecule has 0 bridgehead atoms. The number of ether oxygens (including phenoxy) is 2. The molecule has 0 unspecified atom stereocenters. The zero-order valence-corrected chi connectivity index (χ0v) is 14.6. The Hall–Kier alpha value is -3.48. The number of esters is 1. The van der Waals surface area contributed by atoms with E-state index in [9.17, 15) is 24.5 Å². The van der Waals surface area contributed by atoms with Crippen LogP contribution in [-0.2, 0) is 4.74 Å². The summed E-state index contributed by atoms with van der Waals surface area (Å²) in [7, 11) is 2.28. The van der Waals surface area contributed by atoms with Gasteiger partial charge < -0.3 is 20.5 Å². The number of thiophene rings is 1. The molecule has 0 spiro atoms. The second kappa shape index (κ2) is 7.18. The summed E-state index contributed by atoms with van der Waals surface area (Å²) in [6.45, 7) is 1.46. The van der Waals surface area contributed by atoms with E-state index in [4.69, 9.17) is 10.5 Å². The number of carbonyl (C=O) groups is 3. The van der Waals surface area contributed by atoms with Crippen molar-refractivity contribution in [2.45, 2.75) is 6.92 Å². The maximum absolute atomic E-state index is 12.4. The van der Waals surface area contributed by atoms with Crippen LogP contribution < -0.4 is 15.8 Å². The molecule has 0 atom stereocenters. The van der Waals surface area contributed by atoms with Gasteiger partial charge in [0, 0.05) is 0 Å². The molecule has 2 heterocycles. The van der Waals surface area contributed by atoms with Crippen LogP contribution in [0.5, 0.6) is 5.88 Å². The molecule has 0 saturated carbocycles. The maximum atomic E-state index is 12.4. The molecule has 0 fully saturated rings. The van der Waals surface area contributed by atoms with Gasteiger partial charge in [0.05, 0.1) is 29.6 Å². The first-order valence-corrected chi connectivity index (χ1v) is 7.64. The van der Waals surface area contributed by atoms with Crippen LogP contribution in [-0.4, -0.2) is 47.1 Å². The van der Waals surface area contributed by atoms with Gasteiger partial charge in [-0.2, -0.15) is 0 Å². The predicted octanol–water partition coefficient (Wildman–Crippen LogP) is 0.834. The Balaban J connectivity index is 2.49. The van der Waals surface area contributed by atoms with E-state index in [1.54, 1.807) is 0 Å². The lowest BCUT2D eigenvalue weighted by Gasteiger charge is -2.04. The average molecular weight is 383 g/mol. The lowest BCUT2D eigenvalue weighted by atomic mass is 10.1. The number of hydrogen-bond acceptors (Lipinski definition) is 9. The highest BCUT2D eigenvalue weighted by atomic mass is 32.1. The normalized spacial score (nSPS) is 10.3. The number of aromatic nitrogens is 2. The van der Waals surface area contributed by atoms with Gasteiger partial charge >= 0.3 is 17.5 Å². The summed E-state index contributed by atoms with van der Waals surface area (Å²) in [5.41, 5.74) is 4.23. The Morgan fingerprint density at radius 1 is 1.35 bits per heavy atom. The molecular formula is C13H13N5O7S. The number of anilines is 1. The van der Waals surface area contributed by atoms with Crippen molar-refractivity contribution in [3.05, 3.63) is 31.8 Å². The molecular weight excluding hydrogens is 370 g/mol. The van der Waals surface area contributed by atoms with Gasteiger partial charge in [0.15, 0.2) is 0 Å². The number of H-pyrrole nitrogens is 1. The summed E-state index contributed by atoms with van der Waals surface area (Å²) in [6, 6.07) is 0. The quantitative estimate of drug-likeness (QED) is 0.372. The number of nitro groups is 1. The second-order valence-electron chi connectivity index (χ2n) is 4.78. The van der Waals surface area contributed by atoms with Gasteiger partial charge in [-0.05, 0) is 12.5 Å². The van der Waals surface area contributed by atoms with Crippen LogP contribution in [0.2, 0.25) is 0 Å². The SMILES string of the molecule is COC(=O)c1c(NC(=O)c2[nH]nc(OC)c2[N+](=O)[O-])sc(C(N)=O)c1C. The first kappa shape index (κ1) is 18.9. The molecule has 26 heavy (non-hydrogen) atoms. The fraction of sp³-hybridized carbons (Fsp3) is 0.231. The van der Waals surface area contributed by atoms with Crippen LogP contribution in [0.4, 0.5) is 10.7 Å². The molecule has 0 saturated heterocycles. The molecule has 2 amide bonds. The summed E-state index contributed by atoms with van der Waals surface area (Å²) >= 11 is 0.745. The summed E-state index contributed by atoms with van der Waals surface area (Å²) < 4.78 is 9.36. The third-order valence-corrected chi connectivity index (χ3v) is 4.52. The van der Waals surface area contributed by atoms with Gasteiger partial charge in [0.1, 0.15) is 5.00 Å². The van der Waals surface area contributed by atoms with Gasteiger partial charge in [-0.15, -0.1) is 16.4 Å². The first-order chi connectivity index (χ1) is 12.2. The topological polar surface area (TPSA) is 180 Å². The molecule has 13 heteroatoms. The Morgan fingerprint density at radius 2 is 2.00 bits per heavy atom. The second-order valence-corrected chi connectivity index (χ2v) is 5.80. The molecule has 12 nitrogen and oxygen atoms in total. The van der Waals surface area contributed by atoms with E-state index in [1.165, 1.54) is 6.92 Å². The highest BCUT2D eigenvalue weighted by molar-refractivity contribution is 7.18. The number of hydrogen-bond donors (Lipinski definition) is 3. The minimum Gasteiger partial charge on any atom is -0.475 e. The Bertz CT molecular complexity index is 916. The third kappa shape index (κ3) is 3.19. The van der Waals surface area contributed by atoms with Crippen LogP contribution in [0, 0.1) is 17.0 Å². The lowest BCUT2D eigenvalue weighted by molar-refractivity contribution is -0.386. The van der Waals surface area contributed by atoms with E-state index >= 15 is 0 Å². The number of rotatable bonds is 6. The summed E-state index contributed by atoms with van der Waals surface area (Å²) in [5.74, 6) is -2.95. The van der Waals surface area contributed by atoms with Crippen molar-refractivity contribution in [3.8, 4) is 5.88 Å². The van der Waals surface area contributed by atoms with Crippen LogP contribution >= 0.6 is 11.3 Å². The molecule has 0 aromatic carbocycles. The number of nitrogens with one attached hydrogen (secondary N) is 2. The minimum absolute atomic E-state index is 0.0393. The first-order valence-electron chi connectivity index (χ1n) is 6.82. The molecule has 0 aliphatic heterocycles. The molecule has 0 aliphatic carbocycles. The fourth-order valence-electron chi connectivity index (χ4n) is 2.14. The Kier molecular flexibility index (Phi) is 5.21. The number of aromatic amines is 1. The van der Waals surface area contributed by atoms with Crippen molar-refractivity contribution < 1.29 is 28.8 Å².